The summed E-state index contributed by atoms with van der Waals surface area (Å²) in [6.07, 6.45) is 1.30. The Bertz CT molecular complexity index is 480. The van der Waals surface area contributed by atoms with Crippen LogP contribution in [0.4, 0.5) is 0 Å². The van der Waals surface area contributed by atoms with Crippen LogP contribution in [0, 0.1) is 0 Å². The van der Waals surface area contributed by atoms with Gasteiger partial charge in [-0.05, 0) is 29.5 Å². The van der Waals surface area contributed by atoms with Gasteiger partial charge in [0.15, 0.2) is 0 Å². The van der Waals surface area contributed by atoms with Gasteiger partial charge in [-0.3, -0.25) is 4.79 Å². The molecule has 1 heterocycles. The molecular formula is C17H26N2O2. The summed E-state index contributed by atoms with van der Waals surface area (Å²) in [5, 5.41) is 3.27. The van der Waals surface area contributed by atoms with Gasteiger partial charge in [0.2, 0.25) is 5.91 Å². The summed E-state index contributed by atoms with van der Waals surface area (Å²) in [6.45, 7) is 7.80. The number of amides is 1. The van der Waals surface area contributed by atoms with Gasteiger partial charge in [0.25, 0.3) is 0 Å². The van der Waals surface area contributed by atoms with Crippen molar-refractivity contribution >= 4 is 5.91 Å². The van der Waals surface area contributed by atoms with Gasteiger partial charge in [0.05, 0.1) is 7.11 Å². The molecule has 2 rings (SSSR count). The van der Waals surface area contributed by atoms with Crippen molar-refractivity contribution in [2.24, 2.45) is 0 Å². The molecule has 0 atom stereocenters. The molecule has 1 aliphatic rings. The van der Waals surface area contributed by atoms with Crippen molar-refractivity contribution in [2.45, 2.75) is 32.6 Å². The molecule has 0 aliphatic carbocycles. The molecule has 0 unspecified atom stereocenters. The first-order valence-corrected chi connectivity index (χ1v) is 7.77. The molecule has 0 spiro atoms. The van der Waals surface area contributed by atoms with Crippen molar-refractivity contribution in [1.82, 2.24) is 10.2 Å². The standard InChI is InChI=1S/C17H26N2O2/c1-13(2)14-4-6-16(21-3)15(12-14)5-7-17(20)19-10-8-18-9-11-19/h4,6,12-13,18H,5,7-11H2,1-3H3. The maximum Gasteiger partial charge on any atom is 0.222 e. The number of hydrogen-bond donors (Lipinski definition) is 1. The molecule has 0 radical (unpaired) electrons. The summed E-state index contributed by atoms with van der Waals surface area (Å²) in [6, 6.07) is 6.29. The second kappa shape index (κ2) is 7.46. The Morgan fingerprint density at radius 2 is 2.05 bits per heavy atom. The number of aryl methyl sites for hydroxylation is 1. The zero-order valence-electron chi connectivity index (χ0n) is 13.3. The third kappa shape index (κ3) is 4.21. The fraction of sp³-hybridized carbons (Fsp3) is 0.588. The maximum atomic E-state index is 12.2. The minimum absolute atomic E-state index is 0.244. The Morgan fingerprint density at radius 3 is 2.67 bits per heavy atom. The number of hydrogen-bond acceptors (Lipinski definition) is 3. The van der Waals surface area contributed by atoms with Crippen molar-refractivity contribution in [3.63, 3.8) is 0 Å². The minimum Gasteiger partial charge on any atom is -0.496 e. The summed E-state index contributed by atoms with van der Waals surface area (Å²) in [7, 11) is 1.69. The number of nitrogens with one attached hydrogen (secondary N) is 1. The van der Waals surface area contributed by atoms with E-state index < -0.39 is 0 Å². The predicted molar refractivity (Wildman–Crippen MR) is 84.9 cm³/mol. The summed E-state index contributed by atoms with van der Waals surface area (Å²) in [4.78, 5) is 14.2. The molecule has 1 aliphatic heterocycles. The lowest BCUT2D eigenvalue weighted by Crippen LogP contribution is -2.46. The van der Waals surface area contributed by atoms with Crippen LogP contribution >= 0.6 is 0 Å². The van der Waals surface area contributed by atoms with E-state index in [4.69, 9.17) is 4.74 Å². The van der Waals surface area contributed by atoms with Gasteiger partial charge in [0, 0.05) is 32.6 Å². The van der Waals surface area contributed by atoms with E-state index in [-0.39, 0.29) is 5.91 Å². The van der Waals surface area contributed by atoms with Gasteiger partial charge < -0.3 is 15.0 Å². The van der Waals surface area contributed by atoms with Crippen molar-refractivity contribution in [3.05, 3.63) is 29.3 Å². The van der Waals surface area contributed by atoms with E-state index in [9.17, 15) is 4.79 Å². The molecule has 1 fully saturated rings. The van der Waals surface area contributed by atoms with E-state index >= 15 is 0 Å². The van der Waals surface area contributed by atoms with E-state index in [0.717, 1.165) is 43.9 Å². The van der Waals surface area contributed by atoms with Crippen LogP contribution in [0.25, 0.3) is 0 Å². The van der Waals surface area contributed by atoms with E-state index in [2.05, 4.69) is 31.3 Å². The fourth-order valence-corrected chi connectivity index (χ4v) is 2.67. The normalized spacial score (nSPS) is 15.3. The SMILES string of the molecule is COc1ccc(C(C)C)cc1CCC(=O)N1CCNCC1. The lowest BCUT2D eigenvalue weighted by molar-refractivity contribution is -0.131. The van der Waals surface area contributed by atoms with Crippen LogP contribution in [-0.2, 0) is 11.2 Å². The van der Waals surface area contributed by atoms with Crippen LogP contribution in [-0.4, -0.2) is 44.1 Å². The molecule has 0 aromatic heterocycles. The van der Waals surface area contributed by atoms with Crippen molar-refractivity contribution in [2.75, 3.05) is 33.3 Å². The second-order valence-corrected chi connectivity index (χ2v) is 5.86. The van der Waals surface area contributed by atoms with Crippen LogP contribution in [0.3, 0.4) is 0 Å². The van der Waals surface area contributed by atoms with Crippen molar-refractivity contribution in [1.29, 1.82) is 0 Å². The first-order valence-electron chi connectivity index (χ1n) is 7.77. The molecule has 0 bridgehead atoms. The maximum absolute atomic E-state index is 12.2. The molecule has 0 saturated carbocycles. The smallest absolute Gasteiger partial charge is 0.222 e. The Kier molecular flexibility index (Phi) is 5.62. The lowest BCUT2D eigenvalue weighted by atomic mass is 9.98. The van der Waals surface area contributed by atoms with Crippen molar-refractivity contribution < 1.29 is 9.53 Å². The summed E-state index contributed by atoms with van der Waals surface area (Å²) in [5.74, 6) is 1.61. The zero-order valence-corrected chi connectivity index (χ0v) is 13.3. The number of methoxy groups -OCH3 is 1. The largest absolute Gasteiger partial charge is 0.496 e. The lowest BCUT2D eigenvalue weighted by Gasteiger charge is -2.27. The van der Waals surface area contributed by atoms with Crippen LogP contribution in [0.5, 0.6) is 5.75 Å². The zero-order chi connectivity index (χ0) is 15.2. The highest BCUT2D eigenvalue weighted by Gasteiger charge is 2.16. The quantitative estimate of drug-likeness (QED) is 0.904. The Hall–Kier alpha value is -1.55. The van der Waals surface area contributed by atoms with E-state index in [1.165, 1.54) is 5.56 Å². The number of piperazine rings is 1. The first kappa shape index (κ1) is 15.8. The molecule has 1 N–H and O–H groups in total. The predicted octanol–water partition coefficient (Wildman–Crippen LogP) is 2.18. The van der Waals surface area contributed by atoms with Gasteiger partial charge in [-0.1, -0.05) is 26.0 Å². The van der Waals surface area contributed by atoms with Crippen LogP contribution in [0.1, 0.15) is 37.3 Å². The third-order valence-electron chi connectivity index (χ3n) is 4.05. The molecule has 4 heteroatoms. The number of nitrogens with zero attached hydrogens (tertiary/aromatic N) is 1. The Labute approximate surface area is 127 Å². The highest BCUT2D eigenvalue weighted by atomic mass is 16.5. The third-order valence-corrected chi connectivity index (χ3v) is 4.05. The number of carbonyl (C=O) groups is 1. The molecule has 1 aromatic rings. The van der Waals surface area contributed by atoms with Gasteiger partial charge in [-0.15, -0.1) is 0 Å². The van der Waals surface area contributed by atoms with Crippen LogP contribution in [0.15, 0.2) is 18.2 Å². The highest BCUT2D eigenvalue weighted by Crippen LogP contribution is 2.25. The minimum atomic E-state index is 0.244. The Balaban J connectivity index is 2.00. The monoisotopic (exact) mass is 290 g/mol. The number of carbonyl (C=O) groups excluding carboxylic acids is 1. The average Bonchev–Trinajstić information content (AvgIpc) is 2.53. The molecule has 21 heavy (non-hydrogen) atoms. The summed E-state index contributed by atoms with van der Waals surface area (Å²) >= 11 is 0. The summed E-state index contributed by atoms with van der Waals surface area (Å²) in [5.41, 5.74) is 2.42. The molecule has 116 valence electrons. The number of ether oxygens (including phenoxy) is 1. The molecule has 1 amide bonds. The van der Waals surface area contributed by atoms with Crippen LogP contribution < -0.4 is 10.1 Å². The van der Waals surface area contributed by atoms with E-state index in [1.807, 2.05) is 11.0 Å². The fourth-order valence-electron chi connectivity index (χ4n) is 2.67. The Morgan fingerprint density at radius 1 is 1.33 bits per heavy atom. The summed E-state index contributed by atoms with van der Waals surface area (Å²) < 4.78 is 5.42. The van der Waals surface area contributed by atoms with Crippen molar-refractivity contribution in [3.8, 4) is 5.75 Å². The average molecular weight is 290 g/mol. The molecule has 1 aromatic carbocycles. The topological polar surface area (TPSA) is 41.6 Å². The number of rotatable bonds is 5. The number of benzene rings is 1. The molecule has 1 saturated heterocycles. The van der Waals surface area contributed by atoms with Gasteiger partial charge in [-0.25, -0.2) is 0 Å². The van der Waals surface area contributed by atoms with Gasteiger partial charge >= 0.3 is 0 Å². The van der Waals surface area contributed by atoms with Gasteiger partial charge in [-0.2, -0.15) is 0 Å². The van der Waals surface area contributed by atoms with E-state index in [0.29, 0.717) is 12.3 Å². The van der Waals surface area contributed by atoms with Gasteiger partial charge in [0.1, 0.15) is 5.75 Å². The molecule has 4 nitrogen and oxygen atoms in total. The highest BCUT2D eigenvalue weighted by molar-refractivity contribution is 5.76. The van der Waals surface area contributed by atoms with E-state index in [1.54, 1.807) is 7.11 Å². The molecular weight excluding hydrogens is 264 g/mol. The van der Waals surface area contributed by atoms with Crippen LogP contribution in [0.2, 0.25) is 0 Å². The first-order chi connectivity index (χ1) is 10.1. The second-order valence-electron chi connectivity index (χ2n) is 5.86.